The van der Waals surface area contributed by atoms with Crippen molar-refractivity contribution in [1.82, 2.24) is 15.1 Å². The highest BCUT2D eigenvalue weighted by atomic mass is 32.1. The molecule has 24 heavy (non-hydrogen) atoms. The Kier molecular flexibility index (Phi) is 5.90. The molecule has 1 heterocycles. The third-order valence-electron chi connectivity index (χ3n) is 3.40. The first kappa shape index (κ1) is 18.4. The maximum atomic E-state index is 12.3. The molecule has 2 aromatic rings. The Morgan fingerprint density at radius 3 is 2.54 bits per heavy atom. The van der Waals surface area contributed by atoms with Crippen molar-refractivity contribution in [2.75, 3.05) is 18.4 Å². The van der Waals surface area contributed by atoms with Gasteiger partial charge in [0.2, 0.25) is 5.13 Å². The van der Waals surface area contributed by atoms with Gasteiger partial charge in [0, 0.05) is 13.0 Å². The zero-order chi connectivity index (χ0) is 17.7. The predicted octanol–water partition coefficient (Wildman–Crippen LogP) is 3.06. The molecule has 0 atom stereocenters. The summed E-state index contributed by atoms with van der Waals surface area (Å²) in [4.78, 5) is 13.8. The van der Waals surface area contributed by atoms with Crippen molar-refractivity contribution in [1.29, 1.82) is 0 Å². The molecule has 7 heteroatoms. The highest BCUT2D eigenvalue weighted by Crippen LogP contribution is 2.19. The lowest BCUT2D eigenvalue weighted by Crippen LogP contribution is -2.44. The number of nitrogens with one attached hydrogen (secondary N) is 1. The largest absolute Gasteiger partial charge is 0.389 e. The summed E-state index contributed by atoms with van der Waals surface area (Å²) < 4.78 is 0. The summed E-state index contributed by atoms with van der Waals surface area (Å²) in [5.41, 5.74) is 1.44. The summed E-state index contributed by atoms with van der Waals surface area (Å²) in [5.74, 6) is 0. The van der Waals surface area contributed by atoms with Gasteiger partial charge < -0.3 is 10.0 Å². The van der Waals surface area contributed by atoms with Crippen molar-refractivity contribution in [2.45, 2.75) is 39.7 Å². The quantitative estimate of drug-likeness (QED) is 0.841. The summed E-state index contributed by atoms with van der Waals surface area (Å²) >= 11 is 1.36. The monoisotopic (exact) mass is 348 g/mol. The Labute approximate surface area is 146 Å². The van der Waals surface area contributed by atoms with Gasteiger partial charge in [-0.05, 0) is 33.3 Å². The number of rotatable bonds is 6. The molecule has 0 saturated heterocycles. The van der Waals surface area contributed by atoms with Gasteiger partial charge in [-0.2, -0.15) is 0 Å². The average molecular weight is 348 g/mol. The van der Waals surface area contributed by atoms with Gasteiger partial charge in [-0.15, -0.1) is 10.2 Å². The fourth-order valence-corrected chi connectivity index (χ4v) is 2.98. The minimum absolute atomic E-state index is 0.254. The normalized spacial score (nSPS) is 11.4. The van der Waals surface area contributed by atoms with Crippen molar-refractivity contribution in [3.63, 3.8) is 0 Å². The Bertz CT molecular complexity index is 677. The van der Waals surface area contributed by atoms with Crippen LogP contribution in [0.25, 0.3) is 0 Å². The van der Waals surface area contributed by atoms with Gasteiger partial charge in [0.1, 0.15) is 5.01 Å². The Morgan fingerprint density at radius 1 is 1.29 bits per heavy atom. The number of amides is 2. The number of nitrogens with zero attached hydrogens (tertiary/aromatic N) is 3. The van der Waals surface area contributed by atoms with E-state index < -0.39 is 5.60 Å². The molecule has 0 radical (unpaired) electrons. The van der Waals surface area contributed by atoms with E-state index in [1.165, 1.54) is 16.9 Å². The molecule has 0 saturated carbocycles. The van der Waals surface area contributed by atoms with Crippen molar-refractivity contribution < 1.29 is 9.90 Å². The van der Waals surface area contributed by atoms with Gasteiger partial charge in [0.05, 0.1) is 12.1 Å². The molecule has 1 aromatic heterocycles. The van der Waals surface area contributed by atoms with Gasteiger partial charge in [-0.1, -0.05) is 41.2 Å². The van der Waals surface area contributed by atoms with Crippen LogP contribution in [0.1, 0.15) is 36.9 Å². The number of carbonyl (C=O) groups is 1. The maximum absolute atomic E-state index is 12.3. The van der Waals surface area contributed by atoms with Gasteiger partial charge in [-0.25, -0.2) is 4.79 Å². The van der Waals surface area contributed by atoms with Crippen LogP contribution >= 0.6 is 11.3 Å². The number of carbonyl (C=O) groups excluding carboxylic acids is 1. The third kappa shape index (κ3) is 5.58. The lowest BCUT2D eigenvalue weighted by atomic mass is 10.1. The second-order valence-electron chi connectivity index (χ2n) is 6.42. The second kappa shape index (κ2) is 7.72. The third-order valence-corrected chi connectivity index (χ3v) is 4.24. The van der Waals surface area contributed by atoms with Crippen LogP contribution in [0.5, 0.6) is 0 Å². The number of urea groups is 1. The van der Waals surface area contributed by atoms with E-state index >= 15 is 0 Å². The molecule has 0 aliphatic heterocycles. The maximum Gasteiger partial charge on any atom is 0.323 e. The molecule has 130 valence electrons. The zero-order valence-corrected chi connectivity index (χ0v) is 15.4. The minimum Gasteiger partial charge on any atom is -0.389 e. The van der Waals surface area contributed by atoms with E-state index in [9.17, 15) is 9.90 Å². The van der Waals surface area contributed by atoms with E-state index in [0.717, 1.165) is 10.6 Å². The average Bonchev–Trinajstić information content (AvgIpc) is 2.93. The summed E-state index contributed by atoms with van der Waals surface area (Å²) in [6.45, 7) is 8.03. The zero-order valence-electron chi connectivity index (χ0n) is 14.5. The van der Waals surface area contributed by atoms with Crippen LogP contribution in [0.15, 0.2) is 24.3 Å². The summed E-state index contributed by atoms with van der Waals surface area (Å²) in [6, 6.07) is 7.98. The molecule has 0 unspecified atom stereocenters. The molecule has 0 aliphatic carbocycles. The molecule has 0 spiro atoms. The van der Waals surface area contributed by atoms with Gasteiger partial charge in [0.15, 0.2) is 0 Å². The SMILES string of the molecule is CCN(CC(C)(C)O)C(=O)Nc1nnc(Cc2ccc(C)cc2)s1. The fraction of sp³-hybridized carbons (Fsp3) is 0.471. The second-order valence-corrected chi connectivity index (χ2v) is 7.48. The van der Waals surface area contributed by atoms with Gasteiger partial charge in [-0.3, -0.25) is 5.32 Å². The first-order chi connectivity index (χ1) is 11.3. The number of likely N-dealkylation sites (N-methyl/N-ethyl adjacent to an activating group) is 1. The first-order valence-electron chi connectivity index (χ1n) is 7.93. The van der Waals surface area contributed by atoms with Crippen molar-refractivity contribution in [3.8, 4) is 0 Å². The molecule has 0 fully saturated rings. The molecule has 2 rings (SSSR count). The summed E-state index contributed by atoms with van der Waals surface area (Å²) in [5, 5.41) is 22.1. The van der Waals surface area contributed by atoms with Crippen LogP contribution < -0.4 is 5.32 Å². The Balaban J connectivity index is 1.97. The lowest BCUT2D eigenvalue weighted by Gasteiger charge is -2.27. The Morgan fingerprint density at radius 2 is 1.96 bits per heavy atom. The van der Waals surface area contributed by atoms with Crippen LogP contribution in [0.4, 0.5) is 9.93 Å². The fourth-order valence-electron chi connectivity index (χ4n) is 2.22. The van der Waals surface area contributed by atoms with Crippen LogP contribution in [0.3, 0.4) is 0 Å². The molecule has 1 aromatic carbocycles. The number of hydrogen-bond donors (Lipinski definition) is 2. The highest BCUT2D eigenvalue weighted by Gasteiger charge is 2.22. The highest BCUT2D eigenvalue weighted by molar-refractivity contribution is 7.15. The molecule has 0 bridgehead atoms. The van der Waals surface area contributed by atoms with Crippen LogP contribution in [0, 0.1) is 6.92 Å². The van der Waals surface area contributed by atoms with Gasteiger partial charge >= 0.3 is 6.03 Å². The number of anilines is 1. The molecular formula is C17H24N4O2S. The number of aliphatic hydroxyl groups is 1. The van der Waals surface area contributed by atoms with E-state index in [0.29, 0.717) is 18.1 Å². The molecular weight excluding hydrogens is 324 g/mol. The Hall–Kier alpha value is -1.99. The van der Waals surface area contributed by atoms with Crippen molar-refractivity contribution in [3.05, 3.63) is 40.4 Å². The number of aromatic nitrogens is 2. The summed E-state index contributed by atoms with van der Waals surface area (Å²) in [7, 11) is 0. The number of benzene rings is 1. The van der Waals surface area contributed by atoms with Crippen molar-refractivity contribution >= 4 is 22.5 Å². The molecule has 0 aliphatic rings. The first-order valence-corrected chi connectivity index (χ1v) is 8.74. The van der Waals surface area contributed by atoms with E-state index in [1.807, 2.05) is 6.92 Å². The van der Waals surface area contributed by atoms with Crippen LogP contribution in [-0.2, 0) is 6.42 Å². The van der Waals surface area contributed by atoms with Crippen LogP contribution in [-0.4, -0.2) is 44.9 Å². The molecule has 6 nitrogen and oxygen atoms in total. The van der Waals surface area contributed by atoms with E-state index in [1.54, 1.807) is 18.7 Å². The smallest absolute Gasteiger partial charge is 0.323 e. The van der Waals surface area contributed by atoms with E-state index in [-0.39, 0.29) is 12.6 Å². The minimum atomic E-state index is -0.939. The predicted molar refractivity (Wildman–Crippen MR) is 96.5 cm³/mol. The standard InChI is InChI=1S/C17H24N4O2S/c1-5-21(11-17(3,4)23)16(22)18-15-20-19-14(24-15)10-13-8-6-12(2)7-9-13/h6-9,23H,5,10-11H2,1-4H3,(H,18,20,22). The summed E-state index contributed by atoms with van der Waals surface area (Å²) in [6.07, 6.45) is 0.689. The molecule has 2 N–H and O–H groups in total. The van der Waals surface area contributed by atoms with E-state index in [2.05, 4.69) is 46.7 Å². The topological polar surface area (TPSA) is 78.4 Å². The van der Waals surface area contributed by atoms with Crippen LogP contribution in [0.2, 0.25) is 0 Å². The molecule has 2 amide bonds. The number of hydrogen-bond acceptors (Lipinski definition) is 5. The lowest BCUT2D eigenvalue weighted by molar-refractivity contribution is 0.0501. The number of aryl methyl sites for hydroxylation is 1. The van der Waals surface area contributed by atoms with Gasteiger partial charge in [0.25, 0.3) is 0 Å². The van der Waals surface area contributed by atoms with E-state index in [4.69, 9.17) is 0 Å². The van der Waals surface area contributed by atoms with Crippen molar-refractivity contribution in [2.24, 2.45) is 0 Å².